The minimum atomic E-state index is -3.74. The van der Waals surface area contributed by atoms with Crippen LogP contribution in [-0.2, 0) is 14.8 Å². The Labute approximate surface area is 184 Å². The van der Waals surface area contributed by atoms with E-state index in [2.05, 4.69) is 10.6 Å². The lowest BCUT2D eigenvalue weighted by Crippen LogP contribution is -2.47. The van der Waals surface area contributed by atoms with Gasteiger partial charge in [0.2, 0.25) is 15.9 Å². The van der Waals surface area contributed by atoms with Crippen LogP contribution in [0.2, 0.25) is 0 Å². The average Bonchev–Trinajstić information content (AvgIpc) is 2.65. The third-order valence-corrected chi connectivity index (χ3v) is 5.72. The van der Waals surface area contributed by atoms with Crippen molar-refractivity contribution in [1.29, 1.82) is 0 Å². The molecular formula is C23H31N3O4S. The smallest absolute Gasteiger partial charge is 0.253 e. The van der Waals surface area contributed by atoms with Crippen LogP contribution in [0.25, 0.3) is 0 Å². The Hall–Kier alpha value is -2.87. The third kappa shape index (κ3) is 6.55. The van der Waals surface area contributed by atoms with Crippen molar-refractivity contribution >= 4 is 33.2 Å². The zero-order valence-electron chi connectivity index (χ0n) is 18.9. The molecule has 0 aliphatic rings. The molecule has 2 aromatic carbocycles. The summed E-state index contributed by atoms with van der Waals surface area (Å²) in [6.45, 7) is 9.24. The first-order valence-electron chi connectivity index (χ1n) is 10.1. The summed E-state index contributed by atoms with van der Waals surface area (Å²) in [5, 5.41) is 5.63. The lowest BCUT2D eigenvalue weighted by atomic mass is 10.1. The first-order valence-corrected chi connectivity index (χ1v) is 12.0. The number of amides is 2. The zero-order chi connectivity index (χ0) is 23.4. The van der Waals surface area contributed by atoms with Crippen LogP contribution in [0.3, 0.4) is 0 Å². The van der Waals surface area contributed by atoms with E-state index in [0.717, 1.165) is 16.1 Å². The van der Waals surface area contributed by atoms with E-state index in [4.69, 9.17) is 0 Å². The minimum absolute atomic E-state index is 0.253. The van der Waals surface area contributed by atoms with E-state index < -0.39 is 27.5 Å². The summed E-state index contributed by atoms with van der Waals surface area (Å²) in [6.07, 6.45) is 1.33. The summed E-state index contributed by atoms with van der Waals surface area (Å²) in [4.78, 5) is 25.9. The van der Waals surface area contributed by atoms with Gasteiger partial charge in [0.15, 0.2) is 0 Å². The van der Waals surface area contributed by atoms with Crippen LogP contribution in [-0.4, -0.2) is 38.1 Å². The molecule has 0 heterocycles. The third-order valence-electron chi connectivity index (χ3n) is 4.54. The van der Waals surface area contributed by atoms with Crippen molar-refractivity contribution in [2.24, 2.45) is 0 Å². The standard InChI is InChI=1S/C23H31N3O4S/c1-7-20(26(31(6,29)30)17-14-12-16(2)13-15-17)22(28)24-19-11-9-8-10-18(19)21(27)25-23(3,4)5/h8-15,20H,7H2,1-6H3,(H,24,28)(H,25,27)/t20-/m0/s1. The highest BCUT2D eigenvalue weighted by atomic mass is 32.2. The number of para-hydroxylation sites is 1. The van der Waals surface area contributed by atoms with Crippen molar-refractivity contribution in [3.05, 3.63) is 59.7 Å². The van der Waals surface area contributed by atoms with E-state index in [1.165, 1.54) is 0 Å². The van der Waals surface area contributed by atoms with Gasteiger partial charge in [-0.2, -0.15) is 0 Å². The lowest BCUT2D eigenvalue weighted by molar-refractivity contribution is -0.117. The monoisotopic (exact) mass is 445 g/mol. The first kappa shape index (κ1) is 24.4. The summed E-state index contributed by atoms with van der Waals surface area (Å²) in [6, 6.07) is 12.6. The molecule has 0 unspecified atom stereocenters. The number of aryl methyl sites for hydroxylation is 1. The van der Waals surface area contributed by atoms with Crippen molar-refractivity contribution < 1.29 is 18.0 Å². The highest BCUT2D eigenvalue weighted by molar-refractivity contribution is 7.92. The number of carbonyl (C=O) groups is 2. The number of anilines is 2. The summed E-state index contributed by atoms with van der Waals surface area (Å²) in [5.74, 6) is -0.834. The quantitative estimate of drug-likeness (QED) is 0.679. The van der Waals surface area contributed by atoms with E-state index in [-0.39, 0.29) is 12.3 Å². The van der Waals surface area contributed by atoms with Gasteiger partial charge in [0.05, 0.1) is 23.2 Å². The molecule has 2 rings (SSSR count). The van der Waals surface area contributed by atoms with Crippen LogP contribution in [0.5, 0.6) is 0 Å². The van der Waals surface area contributed by atoms with Gasteiger partial charge < -0.3 is 10.6 Å². The van der Waals surface area contributed by atoms with Crippen molar-refractivity contribution in [3.63, 3.8) is 0 Å². The van der Waals surface area contributed by atoms with Crippen LogP contribution in [0.1, 0.15) is 50.0 Å². The molecule has 168 valence electrons. The van der Waals surface area contributed by atoms with Crippen LogP contribution in [0.15, 0.2) is 48.5 Å². The maximum Gasteiger partial charge on any atom is 0.253 e. The molecule has 8 heteroatoms. The molecule has 2 N–H and O–H groups in total. The molecule has 0 saturated heterocycles. The van der Waals surface area contributed by atoms with Gasteiger partial charge in [0.25, 0.3) is 5.91 Å². The van der Waals surface area contributed by atoms with Gasteiger partial charge >= 0.3 is 0 Å². The van der Waals surface area contributed by atoms with Crippen molar-refractivity contribution in [2.75, 3.05) is 15.9 Å². The Bertz CT molecular complexity index is 1040. The summed E-state index contributed by atoms with van der Waals surface area (Å²) in [5.41, 5.74) is 1.58. The van der Waals surface area contributed by atoms with Crippen molar-refractivity contribution in [3.8, 4) is 0 Å². The van der Waals surface area contributed by atoms with Crippen molar-refractivity contribution in [2.45, 2.75) is 52.6 Å². The Morgan fingerprint density at radius 2 is 1.61 bits per heavy atom. The molecule has 2 aromatic rings. The maximum absolute atomic E-state index is 13.2. The average molecular weight is 446 g/mol. The molecule has 31 heavy (non-hydrogen) atoms. The minimum Gasteiger partial charge on any atom is -0.347 e. The molecule has 7 nitrogen and oxygen atoms in total. The molecule has 1 atom stereocenters. The highest BCUT2D eigenvalue weighted by Crippen LogP contribution is 2.24. The second-order valence-electron chi connectivity index (χ2n) is 8.56. The molecule has 0 aliphatic heterocycles. The van der Waals surface area contributed by atoms with Gasteiger partial charge in [0, 0.05) is 5.54 Å². The van der Waals surface area contributed by atoms with Crippen LogP contribution < -0.4 is 14.9 Å². The molecule has 0 aliphatic carbocycles. The summed E-state index contributed by atoms with van der Waals surface area (Å²) in [7, 11) is -3.74. The Morgan fingerprint density at radius 3 is 2.13 bits per heavy atom. The Balaban J connectivity index is 2.38. The predicted octanol–water partition coefficient (Wildman–Crippen LogP) is 3.71. The Morgan fingerprint density at radius 1 is 1.03 bits per heavy atom. The molecule has 0 aromatic heterocycles. The largest absolute Gasteiger partial charge is 0.347 e. The molecule has 0 bridgehead atoms. The number of hydrogen-bond acceptors (Lipinski definition) is 4. The lowest BCUT2D eigenvalue weighted by Gasteiger charge is -2.30. The normalized spacial score (nSPS) is 12.7. The van der Waals surface area contributed by atoms with Crippen LogP contribution in [0, 0.1) is 6.92 Å². The van der Waals surface area contributed by atoms with Gasteiger partial charge in [-0.3, -0.25) is 13.9 Å². The van der Waals surface area contributed by atoms with E-state index in [9.17, 15) is 18.0 Å². The molecule has 2 amide bonds. The fourth-order valence-corrected chi connectivity index (χ4v) is 4.38. The van der Waals surface area contributed by atoms with Gasteiger partial charge in [-0.15, -0.1) is 0 Å². The first-order chi connectivity index (χ1) is 14.3. The van der Waals surface area contributed by atoms with Gasteiger partial charge in [-0.25, -0.2) is 8.42 Å². The van der Waals surface area contributed by atoms with E-state index in [1.807, 2.05) is 27.7 Å². The predicted molar refractivity (Wildman–Crippen MR) is 125 cm³/mol. The molecule has 0 fully saturated rings. The number of sulfonamides is 1. The van der Waals surface area contributed by atoms with Crippen molar-refractivity contribution in [1.82, 2.24) is 5.32 Å². The highest BCUT2D eigenvalue weighted by Gasteiger charge is 2.32. The van der Waals surface area contributed by atoms with E-state index in [0.29, 0.717) is 16.9 Å². The maximum atomic E-state index is 13.2. The number of rotatable bonds is 7. The molecular weight excluding hydrogens is 414 g/mol. The summed E-state index contributed by atoms with van der Waals surface area (Å²) < 4.78 is 26.3. The number of carbonyl (C=O) groups excluding carboxylic acids is 2. The van der Waals surface area contributed by atoms with E-state index in [1.54, 1.807) is 55.5 Å². The zero-order valence-corrected chi connectivity index (χ0v) is 19.7. The second-order valence-corrected chi connectivity index (χ2v) is 10.4. The van der Waals surface area contributed by atoms with Gasteiger partial charge in [-0.05, 0) is 58.4 Å². The number of hydrogen-bond donors (Lipinski definition) is 2. The number of nitrogens with zero attached hydrogens (tertiary/aromatic N) is 1. The van der Waals surface area contributed by atoms with Gasteiger partial charge in [-0.1, -0.05) is 36.8 Å². The number of nitrogens with one attached hydrogen (secondary N) is 2. The molecule has 0 saturated carbocycles. The fraction of sp³-hybridized carbons (Fsp3) is 0.391. The molecule has 0 radical (unpaired) electrons. The van der Waals surface area contributed by atoms with Crippen LogP contribution in [0.4, 0.5) is 11.4 Å². The Kier molecular flexibility index (Phi) is 7.49. The van der Waals surface area contributed by atoms with Gasteiger partial charge in [0.1, 0.15) is 6.04 Å². The molecule has 0 spiro atoms. The van der Waals surface area contributed by atoms with E-state index >= 15 is 0 Å². The number of benzene rings is 2. The summed E-state index contributed by atoms with van der Waals surface area (Å²) >= 11 is 0. The second kappa shape index (κ2) is 9.51. The topological polar surface area (TPSA) is 95.6 Å². The van der Waals surface area contributed by atoms with Crippen LogP contribution >= 0.6 is 0 Å². The fourth-order valence-electron chi connectivity index (χ4n) is 3.17. The SMILES string of the molecule is CC[C@@H](C(=O)Nc1ccccc1C(=O)NC(C)(C)C)N(c1ccc(C)cc1)S(C)(=O)=O.